The van der Waals surface area contributed by atoms with Crippen LogP contribution in [-0.2, 0) is 0 Å². The largest absolute Gasteiger partial charge is 0.382 e. The molecule has 4 rings (SSSR count). The lowest BCUT2D eigenvalue weighted by atomic mass is 10.5. The summed E-state index contributed by atoms with van der Waals surface area (Å²) in [5, 5.41) is 2.73. The molecule has 0 aromatic carbocycles. The molecule has 0 saturated heterocycles. The molecule has 0 aliphatic rings. The number of imidazole rings is 2. The van der Waals surface area contributed by atoms with Crippen molar-refractivity contribution in [2.24, 2.45) is 0 Å². The standard InChI is InChI=1S/C6H7N5O.C6H7N5/c1-7-6-10-4-3(5(12)11-6)8-2-9-4;1-3-10-5(7)4-6(11-3)9-2-8-4/h2H,1H3,(H3,7,8,9,10,11,12);2H,1H3,(H3,7,8,9,10,11). The van der Waals surface area contributed by atoms with E-state index in [9.17, 15) is 4.79 Å². The van der Waals surface area contributed by atoms with Crippen molar-refractivity contribution in [2.45, 2.75) is 6.92 Å². The minimum Gasteiger partial charge on any atom is -0.382 e. The number of nitrogen functional groups attached to an aromatic ring is 1. The summed E-state index contributed by atoms with van der Waals surface area (Å²) >= 11 is 0. The molecule has 6 N–H and O–H groups in total. The van der Waals surface area contributed by atoms with E-state index < -0.39 is 0 Å². The number of nitrogens with two attached hydrogens (primary N) is 1. The second-order valence-electron chi connectivity index (χ2n) is 4.52. The lowest BCUT2D eigenvalue weighted by Crippen LogP contribution is -2.11. The molecular formula is C12H14N10O. The van der Waals surface area contributed by atoms with Crippen LogP contribution in [0.4, 0.5) is 11.8 Å². The van der Waals surface area contributed by atoms with Gasteiger partial charge in [-0.15, -0.1) is 0 Å². The highest BCUT2D eigenvalue weighted by Crippen LogP contribution is 2.11. The lowest BCUT2D eigenvalue weighted by molar-refractivity contribution is 1.09. The molecule has 11 nitrogen and oxygen atoms in total. The Hall–Kier alpha value is -3.50. The van der Waals surface area contributed by atoms with Crippen LogP contribution in [0, 0.1) is 6.92 Å². The Morgan fingerprint density at radius 1 is 1.04 bits per heavy atom. The lowest BCUT2D eigenvalue weighted by Gasteiger charge is -1.95. The normalized spacial score (nSPS) is 10.5. The summed E-state index contributed by atoms with van der Waals surface area (Å²) in [7, 11) is 1.68. The van der Waals surface area contributed by atoms with Gasteiger partial charge in [0.15, 0.2) is 22.6 Å². The number of aryl methyl sites for hydroxylation is 1. The second kappa shape index (κ2) is 5.71. The molecule has 0 saturated carbocycles. The molecule has 4 heterocycles. The molecule has 118 valence electrons. The fraction of sp³-hybridized carbons (Fsp3) is 0.167. The molecule has 0 unspecified atom stereocenters. The maximum atomic E-state index is 11.2. The number of hydrogen-bond acceptors (Lipinski definition) is 8. The first kappa shape index (κ1) is 14.4. The van der Waals surface area contributed by atoms with E-state index in [1.54, 1.807) is 20.3 Å². The van der Waals surface area contributed by atoms with Crippen LogP contribution in [0.3, 0.4) is 0 Å². The summed E-state index contributed by atoms with van der Waals surface area (Å²) < 4.78 is 0. The predicted molar refractivity (Wildman–Crippen MR) is 84.9 cm³/mol. The molecule has 0 radical (unpaired) electrons. The molecule has 11 heteroatoms. The molecule has 4 aromatic rings. The van der Waals surface area contributed by atoms with Gasteiger partial charge in [0.2, 0.25) is 5.95 Å². The van der Waals surface area contributed by atoms with E-state index >= 15 is 0 Å². The van der Waals surface area contributed by atoms with Crippen molar-refractivity contribution < 1.29 is 0 Å². The van der Waals surface area contributed by atoms with Crippen molar-refractivity contribution >= 4 is 34.1 Å². The monoisotopic (exact) mass is 314 g/mol. The average molecular weight is 314 g/mol. The number of rotatable bonds is 1. The number of aromatic amines is 3. The third-order valence-corrected chi connectivity index (χ3v) is 2.96. The van der Waals surface area contributed by atoms with Crippen molar-refractivity contribution in [1.82, 2.24) is 39.9 Å². The van der Waals surface area contributed by atoms with Gasteiger partial charge in [-0.3, -0.25) is 9.78 Å². The van der Waals surface area contributed by atoms with Gasteiger partial charge in [0, 0.05) is 7.05 Å². The Morgan fingerprint density at radius 2 is 1.70 bits per heavy atom. The van der Waals surface area contributed by atoms with Gasteiger partial charge in [-0.05, 0) is 6.92 Å². The number of anilines is 2. The van der Waals surface area contributed by atoms with E-state index in [1.807, 2.05) is 0 Å². The summed E-state index contributed by atoms with van der Waals surface area (Å²) in [5.41, 5.74) is 7.50. The molecule has 0 fully saturated rings. The predicted octanol–water partition coefficient (Wildman–Crippen LogP) is -0.0686. The zero-order chi connectivity index (χ0) is 16.4. The third kappa shape index (κ3) is 2.79. The SMILES string of the molecule is CNc1nc2nc[nH]c2c(=O)[nH]1.Cc1nc(N)c2[nH]cnc2n1. The van der Waals surface area contributed by atoms with Gasteiger partial charge >= 0.3 is 0 Å². The molecule has 0 spiro atoms. The number of nitrogens with one attached hydrogen (secondary N) is 4. The van der Waals surface area contributed by atoms with Crippen LogP contribution < -0.4 is 16.6 Å². The number of hydrogen-bond donors (Lipinski definition) is 5. The van der Waals surface area contributed by atoms with Crippen LogP contribution in [-0.4, -0.2) is 46.9 Å². The molecule has 0 bridgehead atoms. The summed E-state index contributed by atoms with van der Waals surface area (Å²) in [6, 6.07) is 0. The second-order valence-corrected chi connectivity index (χ2v) is 4.52. The van der Waals surface area contributed by atoms with Crippen LogP contribution in [0.15, 0.2) is 17.4 Å². The van der Waals surface area contributed by atoms with Crippen molar-refractivity contribution in [3.05, 3.63) is 28.8 Å². The fourth-order valence-electron chi connectivity index (χ4n) is 1.93. The third-order valence-electron chi connectivity index (χ3n) is 2.96. The molecular weight excluding hydrogens is 300 g/mol. The topological polar surface area (TPSA) is 167 Å². The van der Waals surface area contributed by atoms with Gasteiger partial charge in [0.05, 0.1) is 12.7 Å². The Bertz CT molecular complexity index is 1010. The smallest absolute Gasteiger partial charge is 0.278 e. The molecule has 23 heavy (non-hydrogen) atoms. The van der Waals surface area contributed by atoms with E-state index in [-0.39, 0.29) is 5.56 Å². The highest BCUT2D eigenvalue weighted by Gasteiger charge is 2.03. The number of nitrogens with zero attached hydrogens (tertiary/aromatic N) is 5. The Labute approximate surface area is 128 Å². The summed E-state index contributed by atoms with van der Waals surface area (Å²) in [6.45, 7) is 1.78. The minimum absolute atomic E-state index is 0.221. The van der Waals surface area contributed by atoms with E-state index in [2.05, 4.69) is 45.2 Å². The van der Waals surface area contributed by atoms with Crippen LogP contribution in [0.5, 0.6) is 0 Å². The van der Waals surface area contributed by atoms with Crippen LogP contribution in [0.1, 0.15) is 5.82 Å². The zero-order valence-electron chi connectivity index (χ0n) is 12.4. The van der Waals surface area contributed by atoms with Crippen molar-refractivity contribution in [3.63, 3.8) is 0 Å². The highest BCUT2D eigenvalue weighted by atomic mass is 16.1. The van der Waals surface area contributed by atoms with Gasteiger partial charge < -0.3 is 21.0 Å². The van der Waals surface area contributed by atoms with Gasteiger partial charge in [-0.1, -0.05) is 0 Å². The minimum atomic E-state index is -0.221. The van der Waals surface area contributed by atoms with E-state index in [0.717, 1.165) is 0 Å². The van der Waals surface area contributed by atoms with Crippen molar-refractivity contribution in [2.75, 3.05) is 18.1 Å². The fourth-order valence-corrected chi connectivity index (χ4v) is 1.93. The van der Waals surface area contributed by atoms with Crippen LogP contribution in [0.2, 0.25) is 0 Å². The van der Waals surface area contributed by atoms with E-state index in [0.29, 0.717) is 39.9 Å². The molecule has 0 aliphatic carbocycles. The Balaban J connectivity index is 0.000000136. The zero-order valence-corrected chi connectivity index (χ0v) is 12.4. The molecule has 0 aliphatic heterocycles. The first-order chi connectivity index (χ1) is 11.1. The van der Waals surface area contributed by atoms with E-state index in [1.165, 1.54) is 6.33 Å². The highest BCUT2D eigenvalue weighted by molar-refractivity contribution is 5.80. The van der Waals surface area contributed by atoms with Gasteiger partial charge in [-0.25, -0.2) is 19.9 Å². The summed E-state index contributed by atoms with van der Waals surface area (Å²) in [4.78, 5) is 39.2. The number of aromatic nitrogens is 8. The van der Waals surface area contributed by atoms with Crippen LogP contribution in [0.25, 0.3) is 22.3 Å². The van der Waals surface area contributed by atoms with Gasteiger partial charge in [0.25, 0.3) is 5.56 Å². The Morgan fingerprint density at radius 3 is 2.39 bits per heavy atom. The first-order valence-electron chi connectivity index (χ1n) is 6.63. The van der Waals surface area contributed by atoms with Crippen LogP contribution >= 0.6 is 0 Å². The van der Waals surface area contributed by atoms with E-state index in [4.69, 9.17) is 5.73 Å². The average Bonchev–Trinajstić information content (AvgIpc) is 3.16. The van der Waals surface area contributed by atoms with Crippen molar-refractivity contribution in [1.29, 1.82) is 0 Å². The molecule has 4 aromatic heterocycles. The molecule has 0 amide bonds. The Kier molecular flexibility index (Phi) is 3.58. The van der Waals surface area contributed by atoms with Gasteiger partial charge in [0.1, 0.15) is 11.3 Å². The quantitative estimate of drug-likeness (QED) is 0.325. The maximum Gasteiger partial charge on any atom is 0.278 e. The van der Waals surface area contributed by atoms with Crippen molar-refractivity contribution in [3.8, 4) is 0 Å². The maximum absolute atomic E-state index is 11.2. The summed E-state index contributed by atoms with van der Waals surface area (Å²) in [5.74, 6) is 1.51. The number of fused-ring (bicyclic) bond motifs is 2. The first-order valence-corrected chi connectivity index (χ1v) is 6.63. The molecule has 0 atom stereocenters. The summed E-state index contributed by atoms with van der Waals surface area (Å²) in [6.07, 6.45) is 2.99. The number of H-pyrrole nitrogens is 3. The van der Waals surface area contributed by atoms with Gasteiger partial charge in [-0.2, -0.15) is 4.98 Å².